The number of imidazole rings is 1. The number of nitrogens with one attached hydrogen (secondary N) is 1. The van der Waals surface area contributed by atoms with Crippen LogP contribution < -0.4 is 4.72 Å². The molecule has 114 valence electrons. The number of aromatic nitrogens is 2. The summed E-state index contributed by atoms with van der Waals surface area (Å²) in [6.45, 7) is 3.90. The van der Waals surface area contributed by atoms with E-state index in [9.17, 15) is 8.42 Å². The first-order chi connectivity index (χ1) is 10.5. The van der Waals surface area contributed by atoms with E-state index >= 15 is 0 Å². The summed E-state index contributed by atoms with van der Waals surface area (Å²) >= 11 is 0. The monoisotopic (exact) mass is 315 g/mol. The van der Waals surface area contributed by atoms with Crippen LogP contribution in [0.5, 0.6) is 0 Å². The molecule has 0 aliphatic carbocycles. The van der Waals surface area contributed by atoms with Crippen molar-refractivity contribution in [2.45, 2.75) is 25.2 Å². The molecule has 0 bridgehead atoms. The predicted molar refractivity (Wildman–Crippen MR) is 86.6 cm³/mol. The Hall–Kier alpha value is -2.34. The second-order valence-electron chi connectivity index (χ2n) is 5.14. The Balaban J connectivity index is 1.98. The van der Waals surface area contributed by atoms with Gasteiger partial charge < -0.3 is 4.40 Å². The lowest BCUT2D eigenvalue weighted by Crippen LogP contribution is -2.13. The van der Waals surface area contributed by atoms with Crippen molar-refractivity contribution in [3.05, 3.63) is 60.0 Å². The van der Waals surface area contributed by atoms with Gasteiger partial charge in [0.05, 0.1) is 16.3 Å². The third kappa shape index (κ3) is 2.69. The van der Waals surface area contributed by atoms with Crippen LogP contribution in [0.2, 0.25) is 0 Å². The second-order valence-corrected chi connectivity index (χ2v) is 6.82. The lowest BCUT2D eigenvalue weighted by Gasteiger charge is -2.09. The molecule has 0 unspecified atom stereocenters. The standard InChI is InChI=1S/C16H17N3O2S/c1-3-13-6-8-14(9-7-13)22(20,21)18-15-5-4-10-19-11-12(2)17-16(15)19/h4-11,18H,3H2,1-2H3. The van der Waals surface area contributed by atoms with E-state index in [1.807, 2.05) is 38.4 Å². The highest BCUT2D eigenvalue weighted by Crippen LogP contribution is 2.21. The molecule has 2 heterocycles. The third-order valence-corrected chi connectivity index (χ3v) is 4.87. The molecule has 0 amide bonds. The van der Waals surface area contributed by atoms with Crippen molar-refractivity contribution in [3.63, 3.8) is 0 Å². The average Bonchev–Trinajstić information content (AvgIpc) is 2.88. The van der Waals surface area contributed by atoms with Gasteiger partial charge in [0.15, 0.2) is 5.65 Å². The third-order valence-electron chi connectivity index (χ3n) is 3.49. The van der Waals surface area contributed by atoms with Crippen molar-refractivity contribution in [1.82, 2.24) is 9.38 Å². The van der Waals surface area contributed by atoms with E-state index in [0.717, 1.165) is 17.7 Å². The lowest BCUT2D eigenvalue weighted by molar-refractivity contribution is 0.601. The van der Waals surface area contributed by atoms with Crippen LogP contribution in [0.25, 0.3) is 5.65 Å². The van der Waals surface area contributed by atoms with E-state index in [1.165, 1.54) is 0 Å². The molecule has 1 aromatic carbocycles. The molecule has 0 fully saturated rings. The van der Waals surface area contributed by atoms with Crippen LogP contribution in [0.1, 0.15) is 18.2 Å². The number of hydrogen-bond acceptors (Lipinski definition) is 3. The first-order valence-electron chi connectivity index (χ1n) is 7.05. The maximum atomic E-state index is 12.5. The molecule has 5 nitrogen and oxygen atoms in total. The van der Waals surface area contributed by atoms with Crippen LogP contribution in [-0.2, 0) is 16.4 Å². The second kappa shape index (κ2) is 5.46. The molecule has 3 aromatic rings. The normalized spacial score (nSPS) is 11.7. The van der Waals surface area contributed by atoms with E-state index in [-0.39, 0.29) is 4.90 Å². The van der Waals surface area contributed by atoms with Crippen molar-refractivity contribution in [2.24, 2.45) is 0 Å². The van der Waals surface area contributed by atoms with Gasteiger partial charge in [0.1, 0.15) is 0 Å². The molecular weight excluding hydrogens is 298 g/mol. The molecule has 0 spiro atoms. The van der Waals surface area contributed by atoms with Crippen molar-refractivity contribution in [1.29, 1.82) is 0 Å². The van der Waals surface area contributed by atoms with E-state index in [1.54, 1.807) is 28.7 Å². The molecule has 2 aromatic heterocycles. The largest absolute Gasteiger partial charge is 0.305 e. The SMILES string of the molecule is CCc1ccc(S(=O)(=O)Nc2cccn3cc(C)nc23)cc1. The average molecular weight is 315 g/mol. The van der Waals surface area contributed by atoms with Crippen molar-refractivity contribution in [2.75, 3.05) is 4.72 Å². The van der Waals surface area contributed by atoms with Gasteiger partial charge in [0.25, 0.3) is 10.0 Å². The van der Waals surface area contributed by atoms with Crippen LogP contribution in [0.15, 0.2) is 53.7 Å². The molecule has 0 radical (unpaired) electrons. The lowest BCUT2D eigenvalue weighted by atomic mass is 10.2. The van der Waals surface area contributed by atoms with Crippen molar-refractivity contribution < 1.29 is 8.42 Å². The fourth-order valence-electron chi connectivity index (χ4n) is 2.32. The number of fused-ring (bicyclic) bond motifs is 1. The Morgan fingerprint density at radius 3 is 2.59 bits per heavy atom. The predicted octanol–water partition coefficient (Wildman–Crippen LogP) is 3.01. The van der Waals surface area contributed by atoms with E-state index < -0.39 is 10.0 Å². The summed E-state index contributed by atoms with van der Waals surface area (Å²) in [5, 5.41) is 0. The maximum absolute atomic E-state index is 12.5. The number of aryl methyl sites for hydroxylation is 2. The van der Waals surface area contributed by atoms with Crippen LogP contribution in [0.3, 0.4) is 0 Å². The highest BCUT2D eigenvalue weighted by molar-refractivity contribution is 7.92. The van der Waals surface area contributed by atoms with Crippen LogP contribution in [-0.4, -0.2) is 17.8 Å². The first-order valence-corrected chi connectivity index (χ1v) is 8.54. The van der Waals surface area contributed by atoms with Crippen molar-refractivity contribution in [3.8, 4) is 0 Å². The molecule has 0 saturated carbocycles. The molecule has 6 heteroatoms. The first kappa shape index (κ1) is 14.6. The Bertz CT molecular complexity index is 912. The zero-order valence-electron chi connectivity index (χ0n) is 12.4. The van der Waals surface area contributed by atoms with Crippen molar-refractivity contribution >= 4 is 21.4 Å². The van der Waals surface area contributed by atoms with Gasteiger partial charge in [-0.3, -0.25) is 4.72 Å². The van der Waals surface area contributed by atoms with Crippen LogP contribution in [0.4, 0.5) is 5.69 Å². The summed E-state index contributed by atoms with van der Waals surface area (Å²) in [5.74, 6) is 0. The summed E-state index contributed by atoms with van der Waals surface area (Å²) in [7, 11) is -3.62. The smallest absolute Gasteiger partial charge is 0.262 e. The van der Waals surface area contributed by atoms with Gasteiger partial charge in [0.2, 0.25) is 0 Å². The number of rotatable bonds is 4. The van der Waals surface area contributed by atoms with Gasteiger partial charge in [-0.25, -0.2) is 13.4 Å². The Morgan fingerprint density at radius 1 is 1.18 bits per heavy atom. The van der Waals surface area contributed by atoms with E-state index in [0.29, 0.717) is 11.3 Å². The van der Waals surface area contributed by atoms with Crippen LogP contribution >= 0.6 is 0 Å². The molecule has 0 saturated heterocycles. The summed E-state index contributed by atoms with van der Waals surface area (Å²) < 4.78 is 29.4. The number of pyridine rings is 1. The summed E-state index contributed by atoms with van der Waals surface area (Å²) in [6.07, 6.45) is 4.56. The number of nitrogens with zero attached hydrogens (tertiary/aromatic N) is 2. The molecule has 1 N–H and O–H groups in total. The molecule has 0 atom stereocenters. The summed E-state index contributed by atoms with van der Waals surface area (Å²) in [4.78, 5) is 4.60. The van der Waals surface area contributed by atoms with Gasteiger partial charge in [0, 0.05) is 12.4 Å². The Kier molecular flexibility index (Phi) is 3.62. The quantitative estimate of drug-likeness (QED) is 0.805. The number of anilines is 1. The van der Waals surface area contributed by atoms with Gasteiger partial charge in [-0.1, -0.05) is 19.1 Å². The number of sulfonamides is 1. The zero-order valence-corrected chi connectivity index (χ0v) is 13.3. The fourth-order valence-corrected chi connectivity index (χ4v) is 3.38. The van der Waals surface area contributed by atoms with Crippen LogP contribution in [0, 0.1) is 6.92 Å². The van der Waals surface area contributed by atoms with Gasteiger partial charge in [-0.2, -0.15) is 0 Å². The molecule has 22 heavy (non-hydrogen) atoms. The minimum absolute atomic E-state index is 0.245. The zero-order chi connectivity index (χ0) is 15.7. The maximum Gasteiger partial charge on any atom is 0.262 e. The van der Waals surface area contributed by atoms with E-state index in [2.05, 4.69) is 9.71 Å². The van der Waals surface area contributed by atoms with Gasteiger partial charge >= 0.3 is 0 Å². The molecule has 3 rings (SSSR count). The topological polar surface area (TPSA) is 63.5 Å². The summed E-state index contributed by atoms with van der Waals surface area (Å²) in [6, 6.07) is 10.4. The van der Waals surface area contributed by atoms with Gasteiger partial charge in [-0.15, -0.1) is 0 Å². The minimum Gasteiger partial charge on any atom is -0.305 e. The highest BCUT2D eigenvalue weighted by atomic mass is 32.2. The van der Waals surface area contributed by atoms with E-state index in [4.69, 9.17) is 0 Å². The number of hydrogen-bond donors (Lipinski definition) is 1. The molecule has 0 aliphatic heterocycles. The highest BCUT2D eigenvalue weighted by Gasteiger charge is 2.16. The molecular formula is C16H17N3O2S. The fraction of sp³-hybridized carbons (Fsp3) is 0.188. The minimum atomic E-state index is -3.62. The summed E-state index contributed by atoms with van der Waals surface area (Å²) in [5.41, 5.74) is 2.99. The Morgan fingerprint density at radius 2 is 1.91 bits per heavy atom. The molecule has 0 aliphatic rings. The van der Waals surface area contributed by atoms with Gasteiger partial charge in [-0.05, 0) is 43.2 Å². The number of benzene rings is 1. The Labute approximate surface area is 129 Å².